The summed E-state index contributed by atoms with van der Waals surface area (Å²) in [7, 11) is 0. The minimum absolute atomic E-state index is 0.436. The maximum atomic E-state index is 5.97. The summed E-state index contributed by atoms with van der Waals surface area (Å²) in [4.78, 5) is 2.40. The van der Waals surface area contributed by atoms with Gasteiger partial charge in [-0.15, -0.1) is 0 Å². The molecule has 0 bridgehead atoms. The quantitative estimate of drug-likeness (QED) is 0.894. The molecule has 2 aliphatic rings. The second-order valence-corrected chi connectivity index (χ2v) is 6.31. The van der Waals surface area contributed by atoms with Gasteiger partial charge in [-0.3, -0.25) is 0 Å². The largest absolute Gasteiger partial charge is 0.385 e. The van der Waals surface area contributed by atoms with Crippen LogP contribution in [-0.2, 0) is 4.74 Å². The molecule has 1 aliphatic heterocycles. The molecule has 0 unspecified atom stereocenters. The zero-order valence-electron chi connectivity index (χ0n) is 12.8. The summed E-state index contributed by atoms with van der Waals surface area (Å²) in [5.41, 5.74) is 8.50. The van der Waals surface area contributed by atoms with Crippen molar-refractivity contribution in [3.8, 4) is 0 Å². The van der Waals surface area contributed by atoms with E-state index < -0.39 is 0 Å². The van der Waals surface area contributed by atoms with E-state index in [1.54, 1.807) is 0 Å². The molecule has 3 N–H and O–H groups in total. The van der Waals surface area contributed by atoms with E-state index in [4.69, 9.17) is 10.5 Å². The molecule has 1 heterocycles. The lowest BCUT2D eigenvalue weighted by Crippen LogP contribution is -2.36. The Morgan fingerprint density at radius 2 is 1.90 bits per heavy atom. The second-order valence-electron chi connectivity index (χ2n) is 6.31. The van der Waals surface area contributed by atoms with Crippen LogP contribution in [-0.4, -0.2) is 38.9 Å². The molecule has 3 rings (SSSR count). The molecule has 1 saturated heterocycles. The van der Waals surface area contributed by atoms with Crippen LogP contribution in [0.5, 0.6) is 0 Å². The van der Waals surface area contributed by atoms with Gasteiger partial charge < -0.3 is 20.7 Å². The van der Waals surface area contributed by atoms with Gasteiger partial charge in [-0.1, -0.05) is 6.07 Å². The minimum Gasteiger partial charge on any atom is -0.385 e. The van der Waals surface area contributed by atoms with Crippen LogP contribution in [0.1, 0.15) is 25.7 Å². The topological polar surface area (TPSA) is 50.5 Å². The number of benzene rings is 1. The van der Waals surface area contributed by atoms with Gasteiger partial charge in [0.15, 0.2) is 0 Å². The Morgan fingerprint density at radius 1 is 1.14 bits per heavy atom. The predicted octanol–water partition coefficient (Wildman–Crippen LogP) is 2.45. The van der Waals surface area contributed by atoms with Crippen molar-refractivity contribution in [2.45, 2.75) is 31.7 Å². The third-order valence-electron chi connectivity index (χ3n) is 4.71. The average molecular weight is 289 g/mol. The Labute approximate surface area is 127 Å². The molecule has 1 aromatic carbocycles. The lowest BCUT2D eigenvalue weighted by Gasteiger charge is -2.29. The highest BCUT2D eigenvalue weighted by molar-refractivity contribution is 5.58. The zero-order chi connectivity index (χ0) is 14.5. The Balaban J connectivity index is 1.53. The third-order valence-corrected chi connectivity index (χ3v) is 4.71. The first-order chi connectivity index (χ1) is 10.3. The van der Waals surface area contributed by atoms with E-state index in [0.29, 0.717) is 6.04 Å². The van der Waals surface area contributed by atoms with Crippen LogP contribution in [0.3, 0.4) is 0 Å². The number of hydrogen-bond acceptors (Lipinski definition) is 4. The SMILES string of the molecule is NC1CCC(CNc2cccc(N3CCOCC3)c2)CC1. The van der Waals surface area contributed by atoms with Gasteiger partial charge >= 0.3 is 0 Å². The average Bonchev–Trinajstić information content (AvgIpc) is 2.55. The van der Waals surface area contributed by atoms with E-state index in [1.165, 1.54) is 37.1 Å². The van der Waals surface area contributed by atoms with Gasteiger partial charge in [0.05, 0.1) is 13.2 Å². The van der Waals surface area contributed by atoms with Gasteiger partial charge in [0, 0.05) is 37.1 Å². The fourth-order valence-electron chi connectivity index (χ4n) is 3.29. The summed E-state index contributed by atoms with van der Waals surface area (Å²) in [6.07, 6.45) is 4.88. The van der Waals surface area contributed by atoms with Crippen LogP contribution < -0.4 is 16.0 Å². The van der Waals surface area contributed by atoms with E-state index in [9.17, 15) is 0 Å². The number of morpholine rings is 1. The van der Waals surface area contributed by atoms with Crippen molar-refractivity contribution in [2.24, 2.45) is 11.7 Å². The Hall–Kier alpha value is -1.26. The molecule has 2 fully saturated rings. The fourth-order valence-corrected chi connectivity index (χ4v) is 3.29. The van der Waals surface area contributed by atoms with Crippen LogP contribution in [0.4, 0.5) is 11.4 Å². The number of anilines is 2. The van der Waals surface area contributed by atoms with Gasteiger partial charge in [-0.05, 0) is 49.8 Å². The molecule has 4 heteroatoms. The molecule has 1 saturated carbocycles. The first-order valence-corrected chi connectivity index (χ1v) is 8.23. The molecule has 0 aromatic heterocycles. The highest BCUT2D eigenvalue weighted by Gasteiger charge is 2.18. The second kappa shape index (κ2) is 7.14. The van der Waals surface area contributed by atoms with Crippen LogP contribution in [0.2, 0.25) is 0 Å². The molecular weight excluding hydrogens is 262 g/mol. The fraction of sp³-hybridized carbons (Fsp3) is 0.647. The van der Waals surface area contributed by atoms with Crippen LogP contribution in [0.25, 0.3) is 0 Å². The Bertz CT molecular complexity index is 437. The minimum atomic E-state index is 0.436. The van der Waals surface area contributed by atoms with Crippen molar-refractivity contribution in [2.75, 3.05) is 43.1 Å². The van der Waals surface area contributed by atoms with Gasteiger partial charge in [0.2, 0.25) is 0 Å². The summed E-state index contributed by atoms with van der Waals surface area (Å²) >= 11 is 0. The molecule has 0 atom stereocenters. The molecule has 1 aliphatic carbocycles. The number of nitrogens with two attached hydrogens (primary N) is 1. The number of ether oxygens (including phenoxy) is 1. The van der Waals surface area contributed by atoms with Crippen molar-refractivity contribution in [3.05, 3.63) is 24.3 Å². The lowest BCUT2D eigenvalue weighted by molar-refractivity contribution is 0.122. The van der Waals surface area contributed by atoms with Crippen molar-refractivity contribution in [3.63, 3.8) is 0 Å². The number of hydrogen-bond donors (Lipinski definition) is 2. The van der Waals surface area contributed by atoms with Crippen molar-refractivity contribution in [1.82, 2.24) is 0 Å². The molecule has 0 spiro atoms. The normalized spacial score (nSPS) is 26.6. The van der Waals surface area contributed by atoms with Gasteiger partial charge in [0.25, 0.3) is 0 Å². The van der Waals surface area contributed by atoms with Gasteiger partial charge in [-0.25, -0.2) is 0 Å². The van der Waals surface area contributed by atoms with Crippen LogP contribution in [0, 0.1) is 5.92 Å². The Morgan fingerprint density at radius 3 is 2.67 bits per heavy atom. The highest BCUT2D eigenvalue weighted by atomic mass is 16.5. The van der Waals surface area contributed by atoms with Crippen molar-refractivity contribution < 1.29 is 4.74 Å². The monoisotopic (exact) mass is 289 g/mol. The first kappa shape index (κ1) is 14.7. The van der Waals surface area contributed by atoms with Gasteiger partial charge in [-0.2, -0.15) is 0 Å². The molecule has 4 nitrogen and oxygen atoms in total. The lowest BCUT2D eigenvalue weighted by atomic mass is 9.86. The molecule has 1 aromatic rings. The Kier molecular flexibility index (Phi) is 4.99. The van der Waals surface area contributed by atoms with Crippen LogP contribution in [0.15, 0.2) is 24.3 Å². The maximum absolute atomic E-state index is 5.97. The van der Waals surface area contributed by atoms with E-state index in [-0.39, 0.29) is 0 Å². The van der Waals surface area contributed by atoms with E-state index in [1.807, 2.05) is 0 Å². The summed E-state index contributed by atoms with van der Waals surface area (Å²) in [5, 5.41) is 3.61. The van der Waals surface area contributed by atoms with Crippen molar-refractivity contribution >= 4 is 11.4 Å². The summed E-state index contributed by atoms with van der Waals surface area (Å²) < 4.78 is 5.42. The zero-order valence-corrected chi connectivity index (χ0v) is 12.8. The highest BCUT2D eigenvalue weighted by Crippen LogP contribution is 2.25. The number of nitrogens with one attached hydrogen (secondary N) is 1. The molecule has 21 heavy (non-hydrogen) atoms. The van der Waals surface area contributed by atoms with E-state index in [2.05, 4.69) is 34.5 Å². The molecule has 0 radical (unpaired) electrons. The molecule has 116 valence electrons. The number of rotatable bonds is 4. The maximum Gasteiger partial charge on any atom is 0.0642 e. The summed E-state index contributed by atoms with van der Waals surface area (Å²) in [5.74, 6) is 0.775. The molecular formula is C17H27N3O. The standard InChI is InChI=1S/C17H27N3O/c18-15-6-4-14(5-7-15)13-19-16-2-1-3-17(12-16)20-8-10-21-11-9-20/h1-3,12,14-15,19H,4-11,13,18H2. The summed E-state index contributed by atoms with van der Waals surface area (Å²) in [6.45, 7) is 4.72. The smallest absolute Gasteiger partial charge is 0.0642 e. The summed E-state index contributed by atoms with van der Waals surface area (Å²) in [6, 6.07) is 9.20. The van der Waals surface area contributed by atoms with E-state index in [0.717, 1.165) is 38.8 Å². The molecule has 0 amide bonds. The first-order valence-electron chi connectivity index (χ1n) is 8.23. The predicted molar refractivity (Wildman–Crippen MR) is 87.9 cm³/mol. The van der Waals surface area contributed by atoms with Gasteiger partial charge in [0.1, 0.15) is 0 Å². The van der Waals surface area contributed by atoms with Crippen LogP contribution >= 0.6 is 0 Å². The number of nitrogens with zero attached hydrogens (tertiary/aromatic N) is 1. The third kappa shape index (κ3) is 4.11. The van der Waals surface area contributed by atoms with Crippen molar-refractivity contribution in [1.29, 1.82) is 0 Å². The van der Waals surface area contributed by atoms with E-state index >= 15 is 0 Å².